The van der Waals surface area contributed by atoms with Crippen LogP contribution >= 0.6 is 0 Å². The molecule has 1 aliphatic rings. The zero-order chi connectivity index (χ0) is 10.4. The third-order valence-electron chi connectivity index (χ3n) is 2.64. The van der Waals surface area contributed by atoms with E-state index in [0.717, 1.165) is 32.6 Å². The largest absolute Gasteiger partial charge is 0.378 e. The van der Waals surface area contributed by atoms with Crippen LogP contribution in [0.25, 0.3) is 0 Å². The highest BCUT2D eigenvalue weighted by molar-refractivity contribution is 4.86. The van der Waals surface area contributed by atoms with Crippen LogP contribution in [-0.4, -0.2) is 38.0 Å². The third kappa shape index (κ3) is 3.95. The summed E-state index contributed by atoms with van der Waals surface area (Å²) in [6.07, 6.45) is 3.14. The molecule has 0 aliphatic heterocycles. The second-order valence-electron chi connectivity index (χ2n) is 3.92. The van der Waals surface area contributed by atoms with Crippen molar-refractivity contribution < 1.29 is 9.47 Å². The van der Waals surface area contributed by atoms with E-state index in [1.165, 1.54) is 0 Å². The fourth-order valence-corrected chi connectivity index (χ4v) is 1.78. The minimum atomic E-state index is 0.325. The Morgan fingerprint density at radius 2 is 2.00 bits per heavy atom. The van der Waals surface area contributed by atoms with E-state index >= 15 is 0 Å². The first-order valence-electron chi connectivity index (χ1n) is 5.72. The second-order valence-corrected chi connectivity index (χ2v) is 3.92. The third-order valence-corrected chi connectivity index (χ3v) is 2.64. The molecule has 1 unspecified atom stereocenters. The molecule has 1 fully saturated rings. The van der Waals surface area contributed by atoms with Crippen LogP contribution in [0, 0.1) is 0 Å². The van der Waals surface area contributed by atoms with Gasteiger partial charge in [-0.2, -0.15) is 0 Å². The Labute approximate surface area is 87.2 Å². The average Bonchev–Trinajstić information content (AvgIpc) is 2.09. The van der Waals surface area contributed by atoms with Crippen LogP contribution < -0.4 is 5.32 Å². The van der Waals surface area contributed by atoms with Crippen LogP contribution in [0.2, 0.25) is 0 Å². The highest BCUT2D eigenvalue weighted by atomic mass is 16.5. The van der Waals surface area contributed by atoms with Gasteiger partial charge in [-0.25, -0.2) is 0 Å². The molecule has 1 atom stereocenters. The Morgan fingerprint density at radius 1 is 1.29 bits per heavy atom. The number of rotatable bonds is 7. The molecule has 84 valence electrons. The Balaban J connectivity index is 1.95. The zero-order valence-electron chi connectivity index (χ0n) is 9.58. The number of hydrogen-bond acceptors (Lipinski definition) is 3. The van der Waals surface area contributed by atoms with Gasteiger partial charge in [0, 0.05) is 25.8 Å². The second kappa shape index (κ2) is 6.38. The normalized spacial score (nSPS) is 28.5. The Morgan fingerprint density at radius 3 is 2.57 bits per heavy atom. The molecule has 0 aromatic carbocycles. The summed E-state index contributed by atoms with van der Waals surface area (Å²) in [4.78, 5) is 0. The lowest BCUT2D eigenvalue weighted by Gasteiger charge is -2.36. The van der Waals surface area contributed by atoms with E-state index < -0.39 is 0 Å². The van der Waals surface area contributed by atoms with Crippen LogP contribution in [0.3, 0.4) is 0 Å². The van der Waals surface area contributed by atoms with Gasteiger partial charge in [-0.05, 0) is 33.6 Å². The number of nitrogens with one attached hydrogen (secondary N) is 1. The van der Waals surface area contributed by atoms with Gasteiger partial charge in [0.05, 0.1) is 12.2 Å². The van der Waals surface area contributed by atoms with Crippen molar-refractivity contribution in [2.75, 3.05) is 19.8 Å². The topological polar surface area (TPSA) is 30.5 Å². The summed E-state index contributed by atoms with van der Waals surface area (Å²) in [5.74, 6) is 0. The van der Waals surface area contributed by atoms with Gasteiger partial charge >= 0.3 is 0 Å². The average molecular weight is 201 g/mol. The van der Waals surface area contributed by atoms with Gasteiger partial charge in [-0.3, -0.25) is 0 Å². The van der Waals surface area contributed by atoms with Crippen LogP contribution in [0.4, 0.5) is 0 Å². The highest BCUT2D eigenvalue weighted by Crippen LogP contribution is 2.22. The molecule has 0 heterocycles. The highest BCUT2D eigenvalue weighted by Gasteiger charge is 2.29. The standard InChI is InChI=1S/C11H23NO2/c1-4-13-9(3)8-12-10-6-11(7-10)14-5-2/h9-12H,4-8H2,1-3H3. The molecular weight excluding hydrogens is 178 g/mol. The van der Waals surface area contributed by atoms with Crippen molar-refractivity contribution >= 4 is 0 Å². The minimum absolute atomic E-state index is 0.325. The van der Waals surface area contributed by atoms with Crippen LogP contribution in [0.5, 0.6) is 0 Å². The van der Waals surface area contributed by atoms with Gasteiger partial charge in [-0.15, -0.1) is 0 Å². The summed E-state index contributed by atoms with van der Waals surface area (Å²) in [5.41, 5.74) is 0. The fraction of sp³-hybridized carbons (Fsp3) is 1.00. The fourth-order valence-electron chi connectivity index (χ4n) is 1.78. The zero-order valence-corrected chi connectivity index (χ0v) is 9.58. The van der Waals surface area contributed by atoms with Gasteiger partial charge in [0.25, 0.3) is 0 Å². The monoisotopic (exact) mass is 201 g/mol. The Bertz CT molecular complexity index is 146. The Hall–Kier alpha value is -0.120. The minimum Gasteiger partial charge on any atom is -0.378 e. The number of ether oxygens (including phenoxy) is 2. The molecule has 0 bridgehead atoms. The molecule has 0 aromatic heterocycles. The summed E-state index contributed by atoms with van der Waals surface area (Å²) in [6, 6.07) is 0.648. The first-order chi connectivity index (χ1) is 6.76. The molecule has 0 amide bonds. The van der Waals surface area contributed by atoms with Gasteiger partial charge < -0.3 is 14.8 Å². The van der Waals surface area contributed by atoms with Crippen molar-refractivity contribution in [3.63, 3.8) is 0 Å². The van der Waals surface area contributed by atoms with E-state index in [2.05, 4.69) is 19.2 Å². The van der Waals surface area contributed by atoms with Crippen molar-refractivity contribution in [3.8, 4) is 0 Å². The predicted molar refractivity (Wildman–Crippen MR) is 57.5 cm³/mol. The quantitative estimate of drug-likeness (QED) is 0.678. The molecule has 0 saturated heterocycles. The van der Waals surface area contributed by atoms with E-state index in [1.807, 2.05) is 6.92 Å². The maximum absolute atomic E-state index is 5.49. The van der Waals surface area contributed by atoms with Crippen molar-refractivity contribution in [2.45, 2.75) is 51.9 Å². The van der Waals surface area contributed by atoms with Gasteiger partial charge in [0.1, 0.15) is 0 Å². The molecule has 3 heteroatoms. The summed E-state index contributed by atoms with van der Waals surface area (Å²) in [7, 11) is 0. The van der Waals surface area contributed by atoms with Gasteiger partial charge in [-0.1, -0.05) is 0 Å². The van der Waals surface area contributed by atoms with Crippen LogP contribution in [0.1, 0.15) is 33.6 Å². The molecule has 1 N–H and O–H groups in total. The lowest BCUT2D eigenvalue weighted by atomic mass is 9.89. The summed E-state index contributed by atoms with van der Waals surface area (Å²) >= 11 is 0. The van der Waals surface area contributed by atoms with Crippen LogP contribution in [0.15, 0.2) is 0 Å². The molecule has 1 saturated carbocycles. The van der Waals surface area contributed by atoms with E-state index in [1.54, 1.807) is 0 Å². The SMILES string of the molecule is CCOC(C)CNC1CC(OCC)C1. The molecule has 0 aromatic rings. The number of hydrogen-bond donors (Lipinski definition) is 1. The summed E-state index contributed by atoms with van der Waals surface area (Å²) in [5, 5.41) is 3.49. The summed E-state index contributed by atoms with van der Waals surface area (Å²) in [6.45, 7) is 8.79. The maximum Gasteiger partial charge on any atom is 0.0671 e. The maximum atomic E-state index is 5.49. The molecular formula is C11H23NO2. The lowest BCUT2D eigenvalue weighted by Crippen LogP contribution is -2.47. The smallest absolute Gasteiger partial charge is 0.0671 e. The van der Waals surface area contributed by atoms with Crippen molar-refractivity contribution in [3.05, 3.63) is 0 Å². The first kappa shape index (κ1) is 12.0. The molecule has 14 heavy (non-hydrogen) atoms. The molecule has 0 spiro atoms. The molecule has 0 radical (unpaired) electrons. The van der Waals surface area contributed by atoms with E-state index in [-0.39, 0.29) is 0 Å². The predicted octanol–water partition coefficient (Wildman–Crippen LogP) is 1.57. The van der Waals surface area contributed by atoms with Crippen molar-refractivity contribution in [2.24, 2.45) is 0 Å². The van der Waals surface area contributed by atoms with Gasteiger partial charge in [0.15, 0.2) is 0 Å². The van der Waals surface area contributed by atoms with E-state index in [9.17, 15) is 0 Å². The summed E-state index contributed by atoms with van der Waals surface area (Å²) < 4.78 is 10.9. The van der Waals surface area contributed by atoms with Crippen molar-refractivity contribution in [1.29, 1.82) is 0 Å². The first-order valence-corrected chi connectivity index (χ1v) is 5.72. The molecule has 1 rings (SSSR count). The Kier molecular flexibility index (Phi) is 5.45. The van der Waals surface area contributed by atoms with Crippen LogP contribution in [-0.2, 0) is 9.47 Å². The lowest BCUT2D eigenvalue weighted by molar-refractivity contribution is -0.0143. The van der Waals surface area contributed by atoms with E-state index in [4.69, 9.17) is 9.47 Å². The van der Waals surface area contributed by atoms with Crippen molar-refractivity contribution in [1.82, 2.24) is 5.32 Å². The van der Waals surface area contributed by atoms with E-state index in [0.29, 0.717) is 18.2 Å². The van der Waals surface area contributed by atoms with Gasteiger partial charge in [0.2, 0.25) is 0 Å². The molecule has 1 aliphatic carbocycles. The molecule has 3 nitrogen and oxygen atoms in total.